The van der Waals surface area contributed by atoms with E-state index in [1.807, 2.05) is 6.92 Å². The molecule has 0 aliphatic carbocycles. The molecule has 0 aromatic rings. The molecule has 0 fully saturated rings. The molecule has 3 heteroatoms. The predicted molar refractivity (Wildman–Crippen MR) is 31.8 cm³/mol. The molecule has 0 aliphatic heterocycles. The van der Waals surface area contributed by atoms with Crippen molar-refractivity contribution in [3.63, 3.8) is 0 Å². The van der Waals surface area contributed by atoms with E-state index in [9.17, 15) is 0 Å². The molecule has 3 nitrogen and oxygen atoms in total. The number of hydrogen-bond donors (Lipinski definition) is 1. The molecular formula is C5H11NO2. The van der Waals surface area contributed by atoms with Crippen LogP contribution >= 0.6 is 0 Å². The Hall–Kier alpha value is -0.570. The predicted octanol–water partition coefficient (Wildman–Crippen LogP) is 0.391. The lowest BCUT2D eigenvalue weighted by Crippen LogP contribution is -1.98. The topological polar surface area (TPSA) is 41.8 Å². The zero-order valence-electron chi connectivity index (χ0n) is 5.22. The highest BCUT2D eigenvalue weighted by Gasteiger charge is 1.83. The normalized spacial score (nSPS) is 11.6. The Morgan fingerprint density at radius 1 is 1.75 bits per heavy atom. The van der Waals surface area contributed by atoms with Crippen LogP contribution < -0.4 is 0 Å². The number of aliphatic hydroxyl groups is 1. The molecule has 8 heavy (non-hydrogen) atoms. The first-order chi connectivity index (χ1) is 3.81. The maximum atomic E-state index is 8.35. The fraction of sp³-hybridized carbons (Fsp3) is 0.800. The summed E-state index contributed by atoms with van der Waals surface area (Å²) in [5.74, 6) is 0. The average molecular weight is 117 g/mol. The van der Waals surface area contributed by atoms with Crippen molar-refractivity contribution in [1.82, 2.24) is 0 Å². The van der Waals surface area contributed by atoms with E-state index in [-0.39, 0.29) is 6.61 Å². The van der Waals surface area contributed by atoms with Crippen LogP contribution in [0.3, 0.4) is 0 Å². The van der Waals surface area contributed by atoms with Crippen LogP contribution in [-0.4, -0.2) is 24.0 Å². The van der Waals surface area contributed by atoms with Gasteiger partial charge in [0.1, 0.15) is 6.61 Å². The minimum atomic E-state index is -0.0278. The first kappa shape index (κ1) is 7.43. The molecule has 0 unspecified atom stereocenters. The van der Waals surface area contributed by atoms with E-state index in [0.29, 0.717) is 12.3 Å². The Balaban J connectivity index is 3.26. The van der Waals surface area contributed by atoms with Crippen LogP contribution in [0, 0.1) is 0 Å². The van der Waals surface area contributed by atoms with Gasteiger partial charge >= 0.3 is 0 Å². The lowest BCUT2D eigenvalue weighted by Gasteiger charge is -1.92. The molecule has 0 aromatic carbocycles. The molecule has 0 atom stereocenters. The summed E-state index contributed by atoms with van der Waals surface area (Å²) in [6.45, 7) is 4.07. The number of aliphatic hydroxyl groups excluding tert-OH is 1. The molecule has 0 aliphatic rings. The van der Waals surface area contributed by atoms with Crippen LogP contribution in [-0.2, 0) is 4.84 Å². The Bertz CT molecular complexity index is 80.5. The van der Waals surface area contributed by atoms with Crippen molar-refractivity contribution in [3.05, 3.63) is 0 Å². The van der Waals surface area contributed by atoms with Gasteiger partial charge < -0.3 is 9.94 Å². The second kappa shape index (κ2) is 4.59. The van der Waals surface area contributed by atoms with Gasteiger partial charge in [0.05, 0.1) is 12.3 Å². The first-order valence-corrected chi connectivity index (χ1v) is 2.57. The van der Waals surface area contributed by atoms with Crippen molar-refractivity contribution in [3.8, 4) is 0 Å². The molecule has 0 amide bonds. The summed E-state index contributed by atoms with van der Waals surface area (Å²) in [4.78, 5) is 4.61. The molecule has 1 N–H and O–H groups in total. The van der Waals surface area contributed by atoms with Gasteiger partial charge in [-0.15, -0.1) is 0 Å². The highest BCUT2D eigenvalue weighted by Crippen LogP contribution is 1.77. The molecule has 0 heterocycles. The van der Waals surface area contributed by atoms with Crippen molar-refractivity contribution in [2.45, 2.75) is 13.8 Å². The van der Waals surface area contributed by atoms with Crippen molar-refractivity contribution in [1.29, 1.82) is 0 Å². The molecule has 0 saturated carbocycles. The smallest absolute Gasteiger partial charge is 0.114 e. The van der Waals surface area contributed by atoms with Crippen LogP contribution in [0.1, 0.15) is 13.8 Å². The molecule has 0 aromatic heterocycles. The molecule has 0 spiro atoms. The Morgan fingerprint density at radius 2 is 2.38 bits per heavy atom. The summed E-state index contributed by atoms with van der Waals surface area (Å²) in [7, 11) is 0. The first-order valence-electron chi connectivity index (χ1n) is 2.57. The van der Waals surface area contributed by atoms with Crippen molar-refractivity contribution in [2.24, 2.45) is 5.16 Å². The number of hydrogen-bond acceptors (Lipinski definition) is 3. The van der Waals surface area contributed by atoms with E-state index in [2.05, 4.69) is 9.99 Å². The van der Waals surface area contributed by atoms with E-state index in [1.165, 1.54) is 0 Å². The fourth-order valence-corrected chi connectivity index (χ4v) is 0.204. The van der Waals surface area contributed by atoms with E-state index in [1.54, 1.807) is 6.92 Å². The maximum Gasteiger partial charge on any atom is 0.114 e. The zero-order chi connectivity index (χ0) is 6.41. The van der Waals surface area contributed by atoms with Gasteiger partial charge in [0.15, 0.2) is 0 Å². The van der Waals surface area contributed by atoms with Crippen LogP contribution in [0.15, 0.2) is 5.16 Å². The minimum Gasteiger partial charge on any atom is -0.396 e. The third-order valence-electron chi connectivity index (χ3n) is 0.578. The van der Waals surface area contributed by atoms with Crippen LogP contribution in [0.25, 0.3) is 0 Å². The van der Waals surface area contributed by atoms with Gasteiger partial charge in [0.25, 0.3) is 0 Å². The van der Waals surface area contributed by atoms with E-state index in [0.717, 1.165) is 0 Å². The summed E-state index contributed by atoms with van der Waals surface area (Å²) in [5, 5.41) is 11.9. The second-order valence-electron chi connectivity index (χ2n) is 1.40. The fourth-order valence-electron chi connectivity index (χ4n) is 0.204. The van der Waals surface area contributed by atoms with Crippen LogP contribution in [0.4, 0.5) is 0 Å². The molecule has 0 radical (unpaired) electrons. The van der Waals surface area contributed by atoms with E-state index >= 15 is 0 Å². The number of oxime groups is 1. The number of rotatable bonds is 3. The van der Waals surface area contributed by atoms with Gasteiger partial charge in [-0.1, -0.05) is 5.16 Å². The Morgan fingerprint density at radius 3 is 2.75 bits per heavy atom. The summed E-state index contributed by atoms with van der Waals surface area (Å²) >= 11 is 0. The average Bonchev–Trinajstić information content (AvgIpc) is 1.83. The molecule has 0 bridgehead atoms. The maximum absolute atomic E-state index is 8.35. The monoisotopic (exact) mass is 117 g/mol. The van der Waals surface area contributed by atoms with Gasteiger partial charge in [-0.2, -0.15) is 0 Å². The molecule has 48 valence electrons. The van der Waals surface area contributed by atoms with Crippen molar-refractivity contribution < 1.29 is 9.94 Å². The highest BCUT2D eigenvalue weighted by atomic mass is 16.6. The minimum absolute atomic E-state index is 0.0278. The Labute approximate surface area is 49.0 Å². The van der Waals surface area contributed by atoms with Gasteiger partial charge in [-0.3, -0.25) is 0 Å². The SMILES string of the molecule is CCO/N=C(\C)CO. The van der Waals surface area contributed by atoms with Crippen LogP contribution in [0.5, 0.6) is 0 Å². The lowest BCUT2D eigenvalue weighted by molar-refractivity contribution is 0.156. The quantitative estimate of drug-likeness (QED) is 0.429. The van der Waals surface area contributed by atoms with Gasteiger partial charge in [-0.05, 0) is 13.8 Å². The standard InChI is InChI=1S/C5H11NO2/c1-3-8-6-5(2)4-7/h7H,3-4H2,1-2H3/b6-5+. The number of nitrogens with zero attached hydrogens (tertiary/aromatic N) is 1. The summed E-state index contributed by atoms with van der Waals surface area (Å²) < 4.78 is 0. The van der Waals surface area contributed by atoms with Crippen molar-refractivity contribution in [2.75, 3.05) is 13.2 Å². The van der Waals surface area contributed by atoms with E-state index in [4.69, 9.17) is 5.11 Å². The molecular weight excluding hydrogens is 106 g/mol. The largest absolute Gasteiger partial charge is 0.396 e. The Kier molecular flexibility index (Phi) is 4.26. The van der Waals surface area contributed by atoms with Gasteiger partial charge in [0.2, 0.25) is 0 Å². The second-order valence-corrected chi connectivity index (χ2v) is 1.40. The summed E-state index contributed by atoms with van der Waals surface area (Å²) in [6, 6.07) is 0. The molecule has 0 saturated heterocycles. The van der Waals surface area contributed by atoms with Crippen LogP contribution in [0.2, 0.25) is 0 Å². The summed E-state index contributed by atoms with van der Waals surface area (Å²) in [6.07, 6.45) is 0. The van der Waals surface area contributed by atoms with Crippen molar-refractivity contribution >= 4 is 5.71 Å². The molecule has 0 rings (SSSR count). The van der Waals surface area contributed by atoms with E-state index < -0.39 is 0 Å². The zero-order valence-corrected chi connectivity index (χ0v) is 5.22. The third kappa shape index (κ3) is 3.61. The van der Waals surface area contributed by atoms with Gasteiger partial charge in [-0.25, -0.2) is 0 Å². The van der Waals surface area contributed by atoms with Gasteiger partial charge in [0, 0.05) is 0 Å². The third-order valence-corrected chi connectivity index (χ3v) is 0.578. The summed E-state index contributed by atoms with van der Waals surface area (Å²) in [5.41, 5.74) is 0.604. The highest BCUT2D eigenvalue weighted by molar-refractivity contribution is 5.82. The lowest BCUT2D eigenvalue weighted by atomic mass is 10.5.